The minimum absolute atomic E-state index is 0.149. The molecule has 4 heteroatoms. The van der Waals surface area contributed by atoms with Crippen LogP contribution in [-0.2, 0) is 0 Å². The summed E-state index contributed by atoms with van der Waals surface area (Å²) < 4.78 is -1.56. The van der Waals surface area contributed by atoms with E-state index in [4.69, 9.17) is 34.8 Å². The summed E-state index contributed by atoms with van der Waals surface area (Å²) in [6.07, 6.45) is 0.149. The number of carbonyl (C=O) groups is 1. The fraction of sp³-hybridized carbons (Fsp3) is 0.316. The first-order valence-electron chi connectivity index (χ1n) is 7.42. The van der Waals surface area contributed by atoms with Gasteiger partial charge in [0.1, 0.15) is 0 Å². The molecule has 0 fully saturated rings. The van der Waals surface area contributed by atoms with Crippen molar-refractivity contribution in [3.8, 4) is 0 Å². The summed E-state index contributed by atoms with van der Waals surface area (Å²) in [5.74, 6) is -0.325. The van der Waals surface area contributed by atoms with Crippen LogP contribution in [0.1, 0.15) is 44.4 Å². The van der Waals surface area contributed by atoms with Crippen LogP contribution in [0.3, 0.4) is 0 Å². The number of rotatable bonds is 5. The second-order valence-electron chi connectivity index (χ2n) is 5.88. The molecule has 0 saturated carbocycles. The zero-order valence-corrected chi connectivity index (χ0v) is 15.6. The van der Waals surface area contributed by atoms with Gasteiger partial charge in [-0.05, 0) is 37.5 Å². The Morgan fingerprint density at radius 1 is 1.04 bits per heavy atom. The van der Waals surface area contributed by atoms with E-state index < -0.39 is 9.71 Å². The molecule has 2 aromatic rings. The van der Waals surface area contributed by atoms with Crippen LogP contribution >= 0.6 is 34.8 Å². The molecule has 1 atom stereocenters. The number of benzene rings is 2. The summed E-state index contributed by atoms with van der Waals surface area (Å²) in [7, 11) is 0. The maximum absolute atomic E-state index is 12.5. The highest BCUT2D eigenvalue weighted by atomic mass is 35.5. The Kier molecular flexibility index (Phi) is 5.78. The molecule has 0 N–H and O–H groups in total. The fourth-order valence-electron chi connectivity index (χ4n) is 2.91. The summed E-state index contributed by atoms with van der Waals surface area (Å²) >= 11 is 19.2. The van der Waals surface area contributed by atoms with Crippen molar-refractivity contribution in [3.63, 3.8) is 0 Å². The standard InChI is InChI=1S/C19H19Cl3O/c1-12-9-13(2)17(14(3)10-12)16(20)11-19(21,22)18(23)15-7-5-4-6-8-15/h4-10,16H,11H2,1-3H3. The quantitative estimate of drug-likeness (QED) is 0.444. The first-order valence-corrected chi connectivity index (χ1v) is 8.61. The van der Waals surface area contributed by atoms with Crippen molar-refractivity contribution in [2.75, 3.05) is 0 Å². The van der Waals surface area contributed by atoms with E-state index in [2.05, 4.69) is 12.1 Å². The first-order chi connectivity index (χ1) is 10.7. The third-order valence-corrected chi connectivity index (χ3v) is 4.88. The Morgan fingerprint density at radius 2 is 1.57 bits per heavy atom. The van der Waals surface area contributed by atoms with E-state index in [-0.39, 0.29) is 12.2 Å². The molecule has 23 heavy (non-hydrogen) atoms. The average Bonchev–Trinajstić information content (AvgIpc) is 2.45. The van der Waals surface area contributed by atoms with Crippen molar-refractivity contribution in [2.24, 2.45) is 0 Å². The zero-order valence-electron chi connectivity index (χ0n) is 13.4. The summed E-state index contributed by atoms with van der Waals surface area (Å²) in [5, 5.41) is -0.432. The van der Waals surface area contributed by atoms with Gasteiger partial charge in [0.15, 0.2) is 10.1 Å². The molecule has 0 aliphatic heterocycles. The number of Topliss-reactive ketones (excluding diaryl/α,β-unsaturated/α-hetero) is 1. The van der Waals surface area contributed by atoms with Crippen molar-refractivity contribution in [1.29, 1.82) is 0 Å². The number of hydrogen-bond donors (Lipinski definition) is 0. The third kappa shape index (κ3) is 4.29. The minimum Gasteiger partial charge on any atom is -0.291 e. The molecular weight excluding hydrogens is 351 g/mol. The molecule has 0 aliphatic rings. The molecule has 0 amide bonds. The number of alkyl halides is 3. The zero-order chi connectivity index (χ0) is 17.2. The lowest BCUT2D eigenvalue weighted by Crippen LogP contribution is -2.28. The fourth-order valence-corrected chi connectivity index (χ4v) is 4.17. The molecule has 0 heterocycles. The van der Waals surface area contributed by atoms with Gasteiger partial charge in [0.2, 0.25) is 0 Å². The number of aryl methyl sites for hydroxylation is 3. The summed E-state index contributed by atoms with van der Waals surface area (Å²) in [4.78, 5) is 12.5. The van der Waals surface area contributed by atoms with Gasteiger partial charge < -0.3 is 0 Å². The normalized spacial score (nSPS) is 13.0. The number of hydrogen-bond acceptors (Lipinski definition) is 1. The van der Waals surface area contributed by atoms with Crippen molar-refractivity contribution in [3.05, 3.63) is 70.3 Å². The van der Waals surface area contributed by atoms with Crippen LogP contribution < -0.4 is 0 Å². The second-order valence-corrected chi connectivity index (χ2v) is 7.89. The van der Waals surface area contributed by atoms with E-state index in [0.29, 0.717) is 5.56 Å². The molecule has 0 aromatic heterocycles. The van der Waals surface area contributed by atoms with Crippen molar-refractivity contribution < 1.29 is 4.79 Å². The van der Waals surface area contributed by atoms with Crippen LogP contribution in [0.2, 0.25) is 0 Å². The molecule has 0 saturated heterocycles. The van der Waals surface area contributed by atoms with E-state index >= 15 is 0 Å². The summed E-state index contributed by atoms with van der Waals surface area (Å²) in [5.41, 5.74) is 4.82. The molecule has 0 aliphatic carbocycles. The van der Waals surface area contributed by atoms with E-state index in [1.54, 1.807) is 24.3 Å². The van der Waals surface area contributed by atoms with Gasteiger partial charge in [-0.15, -0.1) is 11.6 Å². The average molecular weight is 370 g/mol. The van der Waals surface area contributed by atoms with Gasteiger partial charge in [0.05, 0.1) is 5.38 Å². The number of halogens is 3. The largest absolute Gasteiger partial charge is 0.291 e. The van der Waals surface area contributed by atoms with Crippen LogP contribution in [0.5, 0.6) is 0 Å². The smallest absolute Gasteiger partial charge is 0.198 e. The number of ketones is 1. The third-order valence-electron chi connectivity index (χ3n) is 3.86. The van der Waals surface area contributed by atoms with Crippen molar-refractivity contribution in [2.45, 2.75) is 36.9 Å². The molecule has 1 nitrogen and oxygen atoms in total. The molecule has 1 unspecified atom stereocenters. The highest BCUT2D eigenvalue weighted by molar-refractivity contribution is 6.60. The van der Waals surface area contributed by atoms with E-state index in [1.807, 2.05) is 26.8 Å². The van der Waals surface area contributed by atoms with E-state index in [9.17, 15) is 4.79 Å². The Bertz CT molecular complexity index is 685. The molecule has 0 radical (unpaired) electrons. The first kappa shape index (κ1) is 18.3. The molecule has 0 bridgehead atoms. The van der Waals surface area contributed by atoms with Gasteiger partial charge >= 0.3 is 0 Å². The monoisotopic (exact) mass is 368 g/mol. The summed E-state index contributed by atoms with van der Waals surface area (Å²) in [6, 6.07) is 12.9. The molecule has 0 spiro atoms. The van der Waals surface area contributed by atoms with Crippen LogP contribution in [0.25, 0.3) is 0 Å². The predicted molar refractivity (Wildman–Crippen MR) is 99.1 cm³/mol. The number of carbonyl (C=O) groups excluding carboxylic acids is 1. The Hall–Kier alpha value is -1.02. The van der Waals surface area contributed by atoms with Crippen LogP contribution in [0.4, 0.5) is 0 Å². The molecular formula is C19H19Cl3O. The van der Waals surface area contributed by atoms with Crippen molar-refractivity contribution in [1.82, 2.24) is 0 Å². The van der Waals surface area contributed by atoms with Crippen LogP contribution in [0, 0.1) is 20.8 Å². The Balaban J connectivity index is 2.25. The highest BCUT2D eigenvalue weighted by Gasteiger charge is 2.37. The summed E-state index contributed by atoms with van der Waals surface area (Å²) in [6.45, 7) is 6.06. The Morgan fingerprint density at radius 3 is 2.09 bits per heavy atom. The van der Waals surface area contributed by atoms with Crippen molar-refractivity contribution >= 4 is 40.6 Å². The molecule has 122 valence electrons. The highest BCUT2D eigenvalue weighted by Crippen LogP contribution is 2.40. The molecule has 2 rings (SSSR count). The lowest BCUT2D eigenvalue weighted by Gasteiger charge is -2.24. The maximum Gasteiger partial charge on any atom is 0.198 e. The van der Waals surface area contributed by atoms with Gasteiger partial charge in [0.25, 0.3) is 0 Å². The van der Waals surface area contributed by atoms with Crippen LogP contribution in [-0.4, -0.2) is 10.1 Å². The minimum atomic E-state index is -1.56. The van der Waals surface area contributed by atoms with Gasteiger partial charge in [-0.1, -0.05) is 71.2 Å². The lowest BCUT2D eigenvalue weighted by molar-refractivity contribution is 0.0968. The maximum atomic E-state index is 12.5. The second kappa shape index (κ2) is 7.25. The van der Waals surface area contributed by atoms with Crippen LogP contribution in [0.15, 0.2) is 42.5 Å². The Labute approximate surface area is 152 Å². The SMILES string of the molecule is Cc1cc(C)c(C(Cl)CC(Cl)(Cl)C(=O)c2ccccc2)c(C)c1. The molecule has 2 aromatic carbocycles. The van der Waals surface area contributed by atoms with Gasteiger partial charge in [0, 0.05) is 12.0 Å². The lowest BCUT2D eigenvalue weighted by atomic mass is 9.93. The van der Waals surface area contributed by atoms with Gasteiger partial charge in [-0.2, -0.15) is 0 Å². The van der Waals surface area contributed by atoms with Gasteiger partial charge in [-0.25, -0.2) is 0 Å². The van der Waals surface area contributed by atoms with E-state index in [0.717, 1.165) is 16.7 Å². The predicted octanol–water partition coefficient (Wildman–Crippen LogP) is 6.34. The van der Waals surface area contributed by atoms with Gasteiger partial charge in [-0.3, -0.25) is 4.79 Å². The topological polar surface area (TPSA) is 17.1 Å². The van der Waals surface area contributed by atoms with E-state index in [1.165, 1.54) is 5.56 Å².